The average molecular weight is 352 g/mol. The van der Waals surface area contributed by atoms with E-state index < -0.39 is 0 Å². The monoisotopic (exact) mass is 351 g/mol. The molecule has 0 saturated heterocycles. The van der Waals surface area contributed by atoms with Crippen molar-refractivity contribution >= 4 is 28.9 Å². The minimum atomic E-state index is -0.289. The summed E-state index contributed by atoms with van der Waals surface area (Å²) in [6, 6.07) is 20.9. The Balaban J connectivity index is 1.74. The maximum atomic E-state index is 12.4. The van der Waals surface area contributed by atoms with Gasteiger partial charge in [-0.25, -0.2) is 0 Å². The van der Waals surface area contributed by atoms with E-state index in [0.717, 1.165) is 12.2 Å². The minimum Gasteiger partial charge on any atom is -0.370 e. The average Bonchev–Trinajstić information content (AvgIpc) is 2.64. The van der Waals surface area contributed by atoms with Crippen molar-refractivity contribution in [2.75, 3.05) is 17.3 Å². The van der Waals surface area contributed by atoms with Crippen molar-refractivity contribution in [1.82, 2.24) is 4.98 Å². The first-order valence-corrected chi connectivity index (χ1v) is 8.28. The van der Waals surface area contributed by atoms with Gasteiger partial charge in [0.1, 0.15) is 5.69 Å². The van der Waals surface area contributed by atoms with Crippen LogP contribution in [-0.4, -0.2) is 17.9 Å². The van der Waals surface area contributed by atoms with E-state index in [9.17, 15) is 4.79 Å². The summed E-state index contributed by atoms with van der Waals surface area (Å²) in [4.78, 5) is 18.7. The van der Waals surface area contributed by atoms with Gasteiger partial charge in [-0.3, -0.25) is 9.78 Å². The largest absolute Gasteiger partial charge is 0.370 e. The molecular weight excluding hydrogens is 334 g/mol. The number of benzene rings is 2. The molecule has 1 aromatic heterocycles. The van der Waals surface area contributed by atoms with E-state index >= 15 is 0 Å². The van der Waals surface area contributed by atoms with E-state index in [-0.39, 0.29) is 5.91 Å². The molecule has 0 spiro atoms. The number of hydrogen-bond donors (Lipinski definition) is 1. The topological polar surface area (TPSA) is 45.2 Å². The van der Waals surface area contributed by atoms with Crippen molar-refractivity contribution in [3.05, 3.63) is 89.2 Å². The highest BCUT2D eigenvalue weighted by atomic mass is 35.5. The van der Waals surface area contributed by atoms with Crippen molar-refractivity contribution in [2.45, 2.75) is 6.54 Å². The van der Waals surface area contributed by atoms with Crippen molar-refractivity contribution in [2.24, 2.45) is 0 Å². The van der Waals surface area contributed by atoms with Gasteiger partial charge in [-0.15, -0.1) is 0 Å². The summed E-state index contributed by atoms with van der Waals surface area (Å²) in [5.41, 5.74) is 3.03. The molecule has 5 heteroatoms. The molecule has 3 aromatic rings. The van der Waals surface area contributed by atoms with Crippen molar-refractivity contribution < 1.29 is 4.79 Å². The lowest BCUT2D eigenvalue weighted by molar-refractivity contribution is 0.102. The Labute approximate surface area is 152 Å². The van der Waals surface area contributed by atoms with Gasteiger partial charge in [-0.1, -0.05) is 54.1 Å². The fourth-order valence-electron chi connectivity index (χ4n) is 2.48. The minimum absolute atomic E-state index is 0.289. The molecular formula is C20H18ClN3O. The van der Waals surface area contributed by atoms with Gasteiger partial charge in [0.2, 0.25) is 0 Å². The molecule has 3 rings (SSSR count). The number of nitrogens with zero attached hydrogens (tertiary/aromatic N) is 2. The second-order valence-electron chi connectivity index (χ2n) is 5.67. The van der Waals surface area contributed by atoms with Crippen LogP contribution in [0.3, 0.4) is 0 Å². The van der Waals surface area contributed by atoms with Crippen molar-refractivity contribution in [1.29, 1.82) is 0 Å². The molecule has 0 bridgehead atoms. The van der Waals surface area contributed by atoms with Crippen LogP contribution in [-0.2, 0) is 6.54 Å². The van der Waals surface area contributed by atoms with Crippen LogP contribution in [0.1, 0.15) is 16.1 Å². The molecule has 25 heavy (non-hydrogen) atoms. The first-order valence-electron chi connectivity index (χ1n) is 7.90. The zero-order valence-corrected chi connectivity index (χ0v) is 14.6. The maximum absolute atomic E-state index is 12.4. The molecule has 0 saturated carbocycles. The number of amides is 1. The molecule has 1 N–H and O–H groups in total. The lowest BCUT2D eigenvalue weighted by Gasteiger charge is -2.19. The van der Waals surface area contributed by atoms with E-state index in [2.05, 4.69) is 27.3 Å². The van der Waals surface area contributed by atoms with Gasteiger partial charge in [-0.2, -0.15) is 0 Å². The summed E-state index contributed by atoms with van der Waals surface area (Å²) < 4.78 is 0. The summed E-state index contributed by atoms with van der Waals surface area (Å²) in [7, 11) is 1.98. The van der Waals surface area contributed by atoms with Crippen LogP contribution in [0.5, 0.6) is 0 Å². The second-order valence-corrected chi connectivity index (χ2v) is 6.08. The van der Waals surface area contributed by atoms with Gasteiger partial charge in [0.05, 0.1) is 10.7 Å². The highest BCUT2D eigenvalue weighted by molar-refractivity contribution is 6.33. The van der Waals surface area contributed by atoms with Gasteiger partial charge in [-0.05, 0) is 29.8 Å². The van der Waals surface area contributed by atoms with E-state index in [0.29, 0.717) is 16.4 Å². The van der Waals surface area contributed by atoms with Crippen LogP contribution >= 0.6 is 11.6 Å². The summed E-state index contributed by atoms with van der Waals surface area (Å²) in [5, 5.41) is 3.28. The molecule has 4 nitrogen and oxygen atoms in total. The number of anilines is 2. The Morgan fingerprint density at radius 1 is 1.08 bits per heavy atom. The summed E-state index contributed by atoms with van der Waals surface area (Å²) >= 11 is 6.08. The number of rotatable bonds is 5. The molecule has 0 fully saturated rings. The Hall–Kier alpha value is -2.85. The molecule has 0 atom stereocenters. The smallest absolute Gasteiger partial charge is 0.274 e. The van der Waals surface area contributed by atoms with Gasteiger partial charge in [0.25, 0.3) is 5.91 Å². The highest BCUT2D eigenvalue weighted by Gasteiger charge is 2.12. The summed E-state index contributed by atoms with van der Waals surface area (Å²) in [5.74, 6) is -0.289. The van der Waals surface area contributed by atoms with Gasteiger partial charge < -0.3 is 10.2 Å². The third-order valence-corrected chi connectivity index (χ3v) is 4.13. The van der Waals surface area contributed by atoms with Crippen molar-refractivity contribution in [3.8, 4) is 0 Å². The zero-order valence-electron chi connectivity index (χ0n) is 13.8. The molecule has 0 aliphatic carbocycles. The number of aromatic nitrogens is 1. The number of para-hydroxylation sites is 1. The van der Waals surface area contributed by atoms with E-state index in [1.54, 1.807) is 24.4 Å². The third kappa shape index (κ3) is 4.37. The predicted molar refractivity (Wildman–Crippen MR) is 102 cm³/mol. The molecule has 0 aliphatic rings. The molecule has 1 amide bonds. The van der Waals surface area contributed by atoms with Crippen LogP contribution in [0, 0.1) is 0 Å². The lowest BCUT2D eigenvalue weighted by atomic mass is 10.2. The second kappa shape index (κ2) is 7.81. The fraction of sp³-hybridized carbons (Fsp3) is 0.100. The highest BCUT2D eigenvalue weighted by Crippen LogP contribution is 2.22. The van der Waals surface area contributed by atoms with E-state index in [1.165, 1.54) is 5.56 Å². The Kier molecular flexibility index (Phi) is 5.31. The third-order valence-electron chi connectivity index (χ3n) is 3.80. The Morgan fingerprint density at radius 3 is 2.56 bits per heavy atom. The standard InChI is InChI=1S/C20H18ClN3O/c1-24(14-15-7-3-2-4-8-15)16-11-12-22-19(13-16)20(25)23-18-10-6-5-9-17(18)21/h2-13H,14H2,1H3,(H,23,25). The summed E-state index contributed by atoms with van der Waals surface area (Å²) in [6.45, 7) is 0.746. The summed E-state index contributed by atoms with van der Waals surface area (Å²) in [6.07, 6.45) is 1.64. The number of nitrogens with one attached hydrogen (secondary N) is 1. The first kappa shape index (κ1) is 17.0. The Bertz CT molecular complexity index is 868. The number of carbonyl (C=O) groups is 1. The van der Waals surface area contributed by atoms with Crippen LogP contribution in [0.25, 0.3) is 0 Å². The van der Waals surface area contributed by atoms with Crippen LogP contribution in [0.2, 0.25) is 5.02 Å². The fourth-order valence-corrected chi connectivity index (χ4v) is 2.66. The predicted octanol–water partition coefficient (Wildman–Crippen LogP) is 4.62. The normalized spacial score (nSPS) is 10.3. The zero-order chi connectivity index (χ0) is 17.6. The van der Waals surface area contributed by atoms with Gasteiger partial charge >= 0.3 is 0 Å². The van der Waals surface area contributed by atoms with E-state index in [4.69, 9.17) is 11.6 Å². The molecule has 0 radical (unpaired) electrons. The molecule has 126 valence electrons. The van der Waals surface area contributed by atoms with E-state index in [1.807, 2.05) is 43.4 Å². The number of carbonyl (C=O) groups excluding carboxylic acids is 1. The number of pyridine rings is 1. The number of hydrogen-bond acceptors (Lipinski definition) is 3. The molecule has 1 heterocycles. The quantitative estimate of drug-likeness (QED) is 0.729. The Morgan fingerprint density at radius 2 is 1.80 bits per heavy atom. The van der Waals surface area contributed by atoms with Crippen LogP contribution in [0.15, 0.2) is 72.9 Å². The molecule has 2 aromatic carbocycles. The molecule has 0 unspecified atom stereocenters. The SMILES string of the molecule is CN(Cc1ccccc1)c1ccnc(C(=O)Nc2ccccc2Cl)c1. The lowest BCUT2D eigenvalue weighted by Crippen LogP contribution is -2.18. The molecule has 0 aliphatic heterocycles. The van der Waals surface area contributed by atoms with Crippen LogP contribution in [0.4, 0.5) is 11.4 Å². The van der Waals surface area contributed by atoms with Gasteiger partial charge in [0, 0.05) is 25.5 Å². The number of halogens is 1. The first-order chi connectivity index (χ1) is 12.1. The maximum Gasteiger partial charge on any atom is 0.274 e. The van der Waals surface area contributed by atoms with Crippen molar-refractivity contribution in [3.63, 3.8) is 0 Å². The van der Waals surface area contributed by atoms with Gasteiger partial charge in [0.15, 0.2) is 0 Å². The van der Waals surface area contributed by atoms with Crippen LogP contribution < -0.4 is 10.2 Å².